The Kier molecular flexibility index (Phi) is 6.56. The average Bonchev–Trinajstić information content (AvgIpc) is 1.89. The summed E-state index contributed by atoms with van der Waals surface area (Å²) < 4.78 is 0. The van der Waals surface area contributed by atoms with E-state index in [1.165, 1.54) is 0 Å². The van der Waals surface area contributed by atoms with Gasteiger partial charge in [0.25, 0.3) is 0 Å². The van der Waals surface area contributed by atoms with Crippen molar-refractivity contribution in [2.24, 2.45) is 5.92 Å². The molecule has 2 N–H and O–H groups in total. The first-order valence-electron chi connectivity index (χ1n) is 4.08. The van der Waals surface area contributed by atoms with E-state index in [1.54, 1.807) is 0 Å². The second kappa shape index (κ2) is 6.24. The summed E-state index contributed by atoms with van der Waals surface area (Å²) in [5.74, 6) is 0.0833. The van der Waals surface area contributed by atoms with Crippen LogP contribution in [0.1, 0.15) is 26.2 Å². The first kappa shape index (κ1) is 10.5. The van der Waals surface area contributed by atoms with E-state index in [4.69, 9.17) is 10.2 Å². The third-order valence-corrected chi connectivity index (χ3v) is 1.87. The van der Waals surface area contributed by atoms with Gasteiger partial charge in [0.2, 0.25) is 0 Å². The Bertz CT molecular complexity index is 76.0. The fourth-order valence-corrected chi connectivity index (χ4v) is 1.03. The molecule has 1 unspecified atom stereocenters. The molecule has 0 aliphatic heterocycles. The summed E-state index contributed by atoms with van der Waals surface area (Å²) in [4.78, 5) is 0. The normalized spacial score (nSPS) is 14.2. The molecule has 0 rings (SSSR count). The van der Waals surface area contributed by atoms with Crippen molar-refractivity contribution in [1.82, 2.24) is 0 Å². The fourth-order valence-electron chi connectivity index (χ4n) is 1.03. The molecule has 0 aromatic carbocycles. The van der Waals surface area contributed by atoms with Gasteiger partial charge in [0.05, 0.1) is 0 Å². The fraction of sp³-hybridized carbons (Fsp3) is 1.00. The van der Waals surface area contributed by atoms with Crippen LogP contribution in [0.2, 0.25) is 5.09 Å². The van der Waals surface area contributed by atoms with E-state index in [2.05, 4.69) is 17.7 Å². The van der Waals surface area contributed by atoms with Crippen LogP contribution in [-0.2, 0) is 0 Å². The zero-order valence-corrected chi connectivity index (χ0v) is 6.88. The van der Waals surface area contributed by atoms with Crippen LogP contribution in [-0.4, -0.2) is 34.2 Å². The number of rotatable bonds is 5. The van der Waals surface area contributed by atoms with Crippen molar-refractivity contribution in [3.63, 3.8) is 0 Å². The zero-order chi connectivity index (χ0) is 7.98. The molecule has 1 atom stereocenters. The quantitative estimate of drug-likeness (QED) is 0.433. The molecule has 56 valence electrons. The van der Waals surface area contributed by atoms with Gasteiger partial charge in [-0.1, -0.05) is 0 Å². The Morgan fingerprint density at radius 3 is 2.30 bits per heavy atom. The van der Waals surface area contributed by atoms with Crippen LogP contribution in [0.25, 0.3) is 0 Å². The number of hydrogen-bond donors (Lipinski definition) is 2. The first-order valence-corrected chi connectivity index (χ1v) is 4.08. The van der Waals surface area contributed by atoms with Crippen LogP contribution in [0.3, 0.4) is 0 Å². The van der Waals surface area contributed by atoms with E-state index in [0.29, 0.717) is 0 Å². The minimum atomic E-state index is -1.11. The summed E-state index contributed by atoms with van der Waals surface area (Å²) in [5, 5.41) is 18.7. The van der Waals surface area contributed by atoms with Gasteiger partial charge in [-0.2, -0.15) is 0 Å². The SMILES string of the molecule is [Li][CH2]CCC(CC)C(O)O. The molecule has 0 heterocycles. The van der Waals surface area contributed by atoms with Gasteiger partial charge >= 0.3 is 71.4 Å². The Morgan fingerprint density at radius 2 is 2.00 bits per heavy atom. The third kappa shape index (κ3) is 4.35. The maximum absolute atomic E-state index is 8.79. The van der Waals surface area contributed by atoms with Gasteiger partial charge < -0.3 is 0 Å². The van der Waals surface area contributed by atoms with Gasteiger partial charge in [-0.15, -0.1) is 0 Å². The molecule has 0 aliphatic carbocycles. The predicted octanol–water partition coefficient (Wildman–Crippen LogP) is 0.690. The van der Waals surface area contributed by atoms with Gasteiger partial charge in [0.15, 0.2) is 0 Å². The summed E-state index contributed by atoms with van der Waals surface area (Å²) in [6.07, 6.45) is 1.77. The predicted molar refractivity (Wildman–Crippen MR) is 41.8 cm³/mol. The van der Waals surface area contributed by atoms with Crippen molar-refractivity contribution in [2.45, 2.75) is 37.6 Å². The van der Waals surface area contributed by atoms with E-state index in [0.717, 1.165) is 24.4 Å². The molecule has 0 spiro atoms. The van der Waals surface area contributed by atoms with E-state index in [9.17, 15) is 0 Å². The van der Waals surface area contributed by atoms with Gasteiger partial charge in [0.1, 0.15) is 0 Å². The van der Waals surface area contributed by atoms with Gasteiger partial charge in [-0.25, -0.2) is 0 Å². The molecular formula is C7H15LiO2. The van der Waals surface area contributed by atoms with Crippen molar-refractivity contribution >= 4 is 17.7 Å². The average molecular weight is 138 g/mol. The first-order chi connectivity index (χ1) is 4.72. The summed E-state index contributed by atoms with van der Waals surface area (Å²) in [6, 6.07) is 0. The van der Waals surface area contributed by atoms with E-state index < -0.39 is 6.29 Å². The van der Waals surface area contributed by atoms with Crippen LogP contribution in [0.15, 0.2) is 0 Å². The molecule has 0 bridgehead atoms. The molecule has 10 heavy (non-hydrogen) atoms. The van der Waals surface area contributed by atoms with E-state index in [1.807, 2.05) is 6.92 Å². The van der Waals surface area contributed by atoms with Crippen molar-refractivity contribution in [3.8, 4) is 0 Å². The number of aliphatic hydroxyl groups excluding tert-OH is 1. The molecule has 3 heteroatoms. The third-order valence-electron chi connectivity index (χ3n) is 1.87. The Balaban J connectivity index is 3.40. The van der Waals surface area contributed by atoms with Gasteiger partial charge in [0, 0.05) is 0 Å². The monoisotopic (exact) mass is 138 g/mol. The van der Waals surface area contributed by atoms with E-state index in [-0.39, 0.29) is 5.92 Å². The van der Waals surface area contributed by atoms with Crippen LogP contribution < -0.4 is 0 Å². The molecule has 0 saturated carbocycles. The standard InChI is InChI=1S/C7H15O2.Li/c1-3-5-6(4-2)7(8)9;/h6-9H,1,3-5H2,2H3;. The zero-order valence-electron chi connectivity index (χ0n) is 6.88. The van der Waals surface area contributed by atoms with Crippen molar-refractivity contribution in [3.05, 3.63) is 0 Å². The molecule has 0 amide bonds. The number of aliphatic hydroxyl groups is 2. The second-order valence-corrected chi connectivity index (χ2v) is 2.72. The van der Waals surface area contributed by atoms with Crippen molar-refractivity contribution in [1.29, 1.82) is 0 Å². The summed E-state index contributed by atoms with van der Waals surface area (Å²) in [5.41, 5.74) is 0. The Hall–Kier alpha value is 0.517. The summed E-state index contributed by atoms with van der Waals surface area (Å²) in [6.45, 7) is 1.99. The molecule has 0 fully saturated rings. The number of hydrogen-bond acceptors (Lipinski definition) is 2. The molecular weight excluding hydrogens is 123 g/mol. The molecule has 0 aliphatic rings. The van der Waals surface area contributed by atoms with Crippen LogP contribution in [0, 0.1) is 5.92 Å². The van der Waals surface area contributed by atoms with E-state index >= 15 is 0 Å². The molecule has 0 saturated heterocycles. The summed E-state index contributed by atoms with van der Waals surface area (Å²) in [7, 11) is 0. The molecule has 0 aromatic rings. The van der Waals surface area contributed by atoms with Crippen LogP contribution >= 0.6 is 0 Å². The van der Waals surface area contributed by atoms with Crippen LogP contribution in [0.4, 0.5) is 0 Å². The second-order valence-electron chi connectivity index (χ2n) is 2.72. The van der Waals surface area contributed by atoms with Gasteiger partial charge in [-0.05, 0) is 0 Å². The van der Waals surface area contributed by atoms with Crippen molar-refractivity contribution in [2.75, 3.05) is 0 Å². The molecule has 0 radical (unpaired) electrons. The molecule has 2 nitrogen and oxygen atoms in total. The Labute approximate surface area is 71.8 Å². The molecule has 0 aromatic heterocycles. The Morgan fingerprint density at radius 1 is 1.40 bits per heavy atom. The minimum absolute atomic E-state index is 0.0833. The summed E-state index contributed by atoms with van der Waals surface area (Å²) >= 11 is 2.11. The van der Waals surface area contributed by atoms with Gasteiger partial charge in [-0.3, -0.25) is 0 Å². The van der Waals surface area contributed by atoms with Crippen molar-refractivity contribution < 1.29 is 10.2 Å². The van der Waals surface area contributed by atoms with Crippen LogP contribution in [0.5, 0.6) is 0 Å². The topological polar surface area (TPSA) is 40.5 Å². The maximum atomic E-state index is 8.79.